The van der Waals surface area contributed by atoms with Crippen molar-refractivity contribution in [2.75, 3.05) is 13.7 Å². The predicted octanol–water partition coefficient (Wildman–Crippen LogP) is 1.92. The summed E-state index contributed by atoms with van der Waals surface area (Å²) < 4.78 is 5.51. The van der Waals surface area contributed by atoms with Crippen LogP contribution >= 0.6 is 0 Å². The number of ketones is 1. The highest BCUT2D eigenvalue weighted by Crippen LogP contribution is 2.39. The normalized spacial score (nSPS) is 25.9. The lowest BCUT2D eigenvalue weighted by atomic mass is 9.77. The van der Waals surface area contributed by atoms with Gasteiger partial charge in [0.25, 0.3) is 0 Å². The maximum Gasteiger partial charge on any atom is 0.225 e. The van der Waals surface area contributed by atoms with E-state index in [9.17, 15) is 9.59 Å². The molecule has 1 amide bonds. The summed E-state index contributed by atoms with van der Waals surface area (Å²) in [5.74, 6) is 0.338. The molecule has 1 aliphatic heterocycles. The van der Waals surface area contributed by atoms with Crippen LogP contribution in [0.15, 0.2) is 0 Å². The second kappa shape index (κ2) is 5.39. The van der Waals surface area contributed by atoms with Gasteiger partial charge in [0.1, 0.15) is 5.78 Å². The first kappa shape index (κ1) is 13.5. The number of hydrogen-bond donors (Lipinski definition) is 0. The van der Waals surface area contributed by atoms with Crippen LogP contribution in [0.2, 0.25) is 0 Å². The van der Waals surface area contributed by atoms with Gasteiger partial charge in [-0.2, -0.15) is 0 Å². The fraction of sp³-hybridized carbons (Fsp3) is 0.857. The van der Waals surface area contributed by atoms with E-state index in [0.29, 0.717) is 12.8 Å². The van der Waals surface area contributed by atoms with E-state index in [4.69, 9.17) is 4.74 Å². The standard InChI is InChI=1S/C14H23NO3/c1-11(16)9-12-5-3-8-15(12)13(17)10-14(18-2)6-4-7-14/h12H,3-10H2,1-2H3. The number of carbonyl (C=O) groups excluding carboxylic acids is 2. The largest absolute Gasteiger partial charge is 0.378 e. The summed E-state index contributed by atoms with van der Waals surface area (Å²) in [5.41, 5.74) is -0.208. The first-order chi connectivity index (χ1) is 8.56. The molecule has 102 valence electrons. The van der Waals surface area contributed by atoms with Crippen molar-refractivity contribution in [3.05, 3.63) is 0 Å². The molecule has 2 fully saturated rings. The molecule has 0 aromatic heterocycles. The van der Waals surface area contributed by atoms with E-state index in [-0.39, 0.29) is 23.3 Å². The molecule has 1 heterocycles. The molecule has 18 heavy (non-hydrogen) atoms. The molecule has 1 atom stereocenters. The van der Waals surface area contributed by atoms with Crippen molar-refractivity contribution >= 4 is 11.7 Å². The van der Waals surface area contributed by atoms with Crippen molar-refractivity contribution in [2.24, 2.45) is 0 Å². The number of amides is 1. The van der Waals surface area contributed by atoms with Crippen LogP contribution in [-0.4, -0.2) is 41.9 Å². The fourth-order valence-corrected chi connectivity index (χ4v) is 3.11. The Balaban J connectivity index is 1.93. The highest BCUT2D eigenvalue weighted by atomic mass is 16.5. The quantitative estimate of drug-likeness (QED) is 0.752. The van der Waals surface area contributed by atoms with Crippen molar-refractivity contribution in [3.8, 4) is 0 Å². The third-order valence-electron chi connectivity index (χ3n) is 4.39. The van der Waals surface area contributed by atoms with Crippen molar-refractivity contribution in [2.45, 2.75) is 63.5 Å². The number of Topliss-reactive ketones (excluding diaryl/α,β-unsaturated/α-hetero) is 1. The highest BCUT2D eigenvalue weighted by molar-refractivity contribution is 5.80. The highest BCUT2D eigenvalue weighted by Gasteiger charge is 2.41. The van der Waals surface area contributed by atoms with Gasteiger partial charge in [-0.25, -0.2) is 0 Å². The average Bonchev–Trinajstić information content (AvgIpc) is 2.70. The van der Waals surface area contributed by atoms with E-state index in [1.807, 2.05) is 4.90 Å². The number of likely N-dealkylation sites (tertiary alicyclic amines) is 1. The van der Waals surface area contributed by atoms with Crippen LogP contribution in [0.25, 0.3) is 0 Å². The minimum atomic E-state index is -0.208. The topological polar surface area (TPSA) is 46.6 Å². The van der Waals surface area contributed by atoms with E-state index in [1.54, 1.807) is 14.0 Å². The van der Waals surface area contributed by atoms with Gasteiger partial charge in [0.15, 0.2) is 0 Å². The maximum atomic E-state index is 12.3. The van der Waals surface area contributed by atoms with Crippen molar-refractivity contribution in [1.29, 1.82) is 0 Å². The average molecular weight is 253 g/mol. The Bertz CT molecular complexity index is 330. The molecule has 4 nitrogen and oxygen atoms in total. The van der Waals surface area contributed by atoms with Crippen LogP contribution in [-0.2, 0) is 14.3 Å². The number of carbonyl (C=O) groups is 2. The van der Waals surface area contributed by atoms with Crippen LogP contribution in [0.1, 0.15) is 51.9 Å². The SMILES string of the molecule is COC1(CC(=O)N2CCCC2CC(C)=O)CCC1. The number of methoxy groups -OCH3 is 1. The predicted molar refractivity (Wildman–Crippen MR) is 68.2 cm³/mol. The smallest absolute Gasteiger partial charge is 0.225 e. The summed E-state index contributed by atoms with van der Waals surface area (Å²) >= 11 is 0. The zero-order valence-electron chi connectivity index (χ0n) is 11.4. The Morgan fingerprint density at radius 1 is 1.33 bits per heavy atom. The zero-order chi connectivity index (χ0) is 13.2. The van der Waals surface area contributed by atoms with E-state index < -0.39 is 0 Å². The molecule has 2 aliphatic rings. The van der Waals surface area contributed by atoms with Crippen molar-refractivity contribution in [1.82, 2.24) is 4.90 Å². The summed E-state index contributed by atoms with van der Waals surface area (Å²) in [5, 5.41) is 0. The molecule has 4 heteroatoms. The Labute approximate surface area is 109 Å². The molecular weight excluding hydrogens is 230 g/mol. The Morgan fingerprint density at radius 3 is 2.56 bits per heavy atom. The summed E-state index contributed by atoms with van der Waals surface area (Å²) in [6.07, 6.45) is 6.09. The zero-order valence-corrected chi connectivity index (χ0v) is 11.4. The third kappa shape index (κ3) is 2.74. The van der Waals surface area contributed by atoms with E-state index >= 15 is 0 Å². The van der Waals surface area contributed by atoms with Gasteiger partial charge < -0.3 is 9.64 Å². The van der Waals surface area contributed by atoms with Gasteiger partial charge in [-0.15, -0.1) is 0 Å². The van der Waals surface area contributed by atoms with E-state index in [2.05, 4.69) is 0 Å². The fourth-order valence-electron chi connectivity index (χ4n) is 3.11. The van der Waals surface area contributed by atoms with Crippen LogP contribution in [0.4, 0.5) is 0 Å². The van der Waals surface area contributed by atoms with Crippen molar-refractivity contribution in [3.63, 3.8) is 0 Å². The molecule has 1 saturated carbocycles. The Morgan fingerprint density at radius 2 is 2.06 bits per heavy atom. The van der Waals surface area contributed by atoms with Gasteiger partial charge in [0.05, 0.1) is 12.0 Å². The van der Waals surface area contributed by atoms with Crippen LogP contribution in [0.3, 0.4) is 0 Å². The van der Waals surface area contributed by atoms with Crippen LogP contribution in [0, 0.1) is 0 Å². The minimum absolute atomic E-state index is 0.129. The molecule has 0 spiro atoms. The number of ether oxygens (including phenoxy) is 1. The Kier molecular flexibility index (Phi) is 4.05. The van der Waals surface area contributed by atoms with Crippen LogP contribution in [0.5, 0.6) is 0 Å². The van der Waals surface area contributed by atoms with Gasteiger partial charge >= 0.3 is 0 Å². The lowest BCUT2D eigenvalue weighted by Gasteiger charge is -2.41. The summed E-state index contributed by atoms with van der Waals surface area (Å²) in [6, 6.07) is 0.129. The molecule has 0 aromatic carbocycles. The molecule has 1 saturated heterocycles. The van der Waals surface area contributed by atoms with Gasteiger partial charge in [-0.05, 0) is 39.0 Å². The number of rotatable bonds is 5. The maximum absolute atomic E-state index is 12.3. The van der Waals surface area contributed by atoms with Gasteiger partial charge in [-0.1, -0.05) is 0 Å². The molecule has 0 N–H and O–H groups in total. The minimum Gasteiger partial charge on any atom is -0.378 e. The molecule has 1 unspecified atom stereocenters. The molecule has 0 radical (unpaired) electrons. The van der Waals surface area contributed by atoms with Gasteiger partial charge in [0, 0.05) is 26.1 Å². The first-order valence-electron chi connectivity index (χ1n) is 6.90. The van der Waals surface area contributed by atoms with Crippen molar-refractivity contribution < 1.29 is 14.3 Å². The van der Waals surface area contributed by atoms with Gasteiger partial charge in [-0.3, -0.25) is 9.59 Å². The van der Waals surface area contributed by atoms with Gasteiger partial charge in [0.2, 0.25) is 5.91 Å². The lowest BCUT2D eigenvalue weighted by Crippen LogP contribution is -2.46. The molecule has 0 bridgehead atoms. The third-order valence-corrected chi connectivity index (χ3v) is 4.39. The summed E-state index contributed by atoms with van der Waals surface area (Å²) in [4.78, 5) is 25.5. The van der Waals surface area contributed by atoms with Crippen LogP contribution < -0.4 is 0 Å². The monoisotopic (exact) mass is 253 g/mol. The molecular formula is C14H23NO3. The molecule has 2 rings (SSSR count). The first-order valence-corrected chi connectivity index (χ1v) is 6.90. The summed E-state index contributed by atoms with van der Waals surface area (Å²) in [6.45, 7) is 2.40. The number of hydrogen-bond acceptors (Lipinski definition) is 3. The summed E-state index contributed by atoms with van der Waals surface area (Å²) in [7, 11) is 1.70. The second-order valence-electron chi connectivity index (χ2n) is 5.71. The molecule has 1 aliphatic carbocycles. The number of nitrogens with zero attached hydrogens (tertiary/aromatic N) is 1. The van der Waals surface area contributed by atoms with E-state index in [1.165, 1.54) is 0 Å². The second-order valence-corrected chi connectivity index (χ2v) is 5.71. The van der Waals surface area contributed by atoms with E-state index in [0.717, 1.165) is 38.6 Å². The Hall–Kier alpha value is -0.900. The molecule has 0 aromatic rings. The lowest BCUT2D eigenvalue weighted by molar-refractivity contribution is -0.145.